The Bertz CT molecular complexity index is 330. The van der Waals surface area contributed by atoms with Gasteiger partial charge in [-0.25, -0.2) is 0 Å². The summed E-state index contributed by atoms with van der Waals surface area (Å²) in [4.78, 5) is 0. The van der Waals surface area contributed by atoms with E-state index in [2.05, 4.69) is 66.0 Å². The Morgan fingerprint density at radius 2 is 2.18 bits per heavy atom. The quantitative estimate of drug-likeness (QED) is 0.761. The molecule has 0 saturated heterocycles. The van der Waals surface area contributed by atoms with Gasteiger partial charge in [0.05, 0.1) is 0 Å². The van der Waals surface area contributed by atoms with Crippen molar-refractivity contribution in [3.8, 4) is 0 Å². The van der Waals surface area contributed by atoms with Crippen LogP contribution in [0.4, 0.5) is 0 Å². The average Bonchev–Trinajstić information content (AvgIpc) is 2.33. The van der Waals surface area contributed by atoms with Gasteiger partial charge in [0.2, 0.25) is 0 Å². The molecule has 96 valence electrons. The number of hydrogen-bond acceptors (Lipinski definition) is 2. The van der Waals surface area contributed by atoms with E-state index in [1.807, 2.05) is 0 Å². The van der Waals surface area contributed by atoms with Crippen molar-refractivity contribution in [3.05, 3.63) is 33.4 Å². The van der Waals surface area contributed by atoms with Crippen LogP contribution < -0.4 is 5.32 Å². The summed E-state index contributed by atoms with van der Waals surface area (Å²) < 4.78 is 6.46. The van der Waals surface area contributed by atoms with Crippen LogP contribution in [0.25, 0.3) is 0 Å². The first-order valence-corrected chi connectivity index (χ1v) is 7.24. The van der Waals surface area contributed by atoms with Gasteiger partial charge >= 0.3 is 0 Å². The minimum Gasteiger partial charge on any atom is -0.385 e. The van der Waals surface area contributed by atoms with E-state index >= 15 is 0 Å². The van der Waals surface area contributed by atoms with E-state index in [-0.39, 0.29) is 0 Å². The number of methoxy groups -OCH3 is 1. The Kier molecular flexibility index (Phi) is 7.08. The highest BCUT2D eigenvalue weighted by Crippen LogP contribution is 2.25. The van der Waals surface area contributed by atoms with Crippen LogP contribution >= 0.6 is 22.6 Å². The molecule has 3 heteroatoms. The predicted octanol–water partition coefficient (Wildman–Crippen LogP) is 3.61. The summed E-state index contributed by atoms with van der Waals surface area (Å²) in [6, 6.07) is 9.15. The van der Waals surface area contributed by atoms with Crippen molar-refractivity contribution in [2.75, 3.05) is 20.3 Å². The van der Waals surface area contributed by atoms with Crippen molar-refractivity contribution < 1.29 is 4.74 Å². The Balaban J connectivity index is 2.77. The van der Waals surface area contributed by atoms with E-state index in [4.69, 9.17) is 4.74 Å². The van der Waals surface area contributed by atoms with Crippen molar-refractivity contribution in [3.63, 3.8) is 0 Å². The van der Waals surface area contributed by atoms with Gasteiger partial charge in [-0.15, -0.1) is 0 Å². The lowest BCUT2D eigenvalue weighted by Gasteiger charge is -2.25. The van der Waals surface area contributed by atoms with Crippen molar-refractivity contribution >= 4 is 22.6 Å². The fourth-order valence-electron chi connectivity index (χ4n) is 2.04. The number of ether oxygens (including phenoxy) is 1. The Hall–Kier alpha value is -0.130. The summed E-state index contributed by atoms with van der Waals surface area (Å²) in [6.45, 7) is 6.26. The second-order valence-electron chi connectivity index (χ2n) is 4.35. The molecule has 0 heterocycles. The van der Waals surface area contributed by atoms with Gasteiger partial charge in [0, 0.05) is 23.3 Å². The normalized spacial score (nSPS) is 14.6. The molecule has 0 fully saturated rings. The third-order valence-electron chi connectivity index (χ3n) is 2.98. The minimum atomic E-state index is 0.421. The maximum Gasteiger partial charge on any atom is 0.0465 e. The molecule has 0 aliphatic rings. The third kappa shape index (κ3) is 4.94. The molecule has 2 nitrogen and oxygen atoms in total. The molecule has 1 aromatic rings. The van der Waals surface area contributed by atoms with Gasteiger partial charge in [-0.3, -0.25) is 0 Å². The third-order valence-corrected chi connectivity index (χ3v) is 3.65. The lowest BCUT2D eigenvalue weighted by atomic mass is 9.92. The highest BCUT2D eigenvalue weighted by Gasteiger charge is 2.18. The van der Waals surface area contributed by atoms with E-state index in [1.165, 1.54) is 9.13 Å². The van der Waals surface area contributed by atoms with Crippen LogP contribution in [0, 0.1) is 9.49 Å². The largest absolute Gasteiger partial charge is 0.385 e. The molecule has 1 N–H and O–H groups in total. The molecule has 0 saturated carbocycles. The first-order valence-electron chi connectivity index (χ1n) is 6.16. The van der Waals surface area contributed by atoms with Crippen LogP contribution in [-0.2, 0) is 4.74 Å². The molecule has 0 aliphatic heterocycles. The molecular formula is C14H22INO. The first kappa shape index (κ1) is 14.9. The van der Waals surface area contributed by atoms with Crippen molar-refractivity contribution in [2.45, 2.75) is 26.3 Å². The molecule has 0 aliphatic carbocycles. The molecule has 2 atom stereocenters. The van der Waals surface area contributed by atoms with Gasteiger partial charge < -0.3 is 10.1 Å². The van der Waals surface area contributed by atoms with Gasteiger partial charge in [0.1, 0.15) is 0 Å². The molecule has 1 aromatic carbocycles. The van der Waals surface area contributed by atoms with Gasteiger partial charge in [-0.05, 0) is 59.2 Å². The van der Waals surface area contributed by atoms with Crippen LogP contribution in [0.15, 0.2) is 24.3 Å². The van der Waals surface area contributed by atoms with Gasteiger partial charge in [-0.2, -0.15) is 0 Å². The van der Waals surface area contributed by atoms with Gasteiger partial charge in [-0.1, -0.05) is 26.0 Å². The molecular weight excluding hydrogens is 325 g/mol. The number of hydrogen-bond donors (Lipinski definition) is 1. The zero-order valence-electron chi connectivity index (χ0n) is 10.9. The maximum atomic E-state index is 5.17. The predicted molar refractivity (Wildman–Crippen MR) is 81.2 cm³/mol. The zero-order chi connectivity index (χ0) is 12.7. The average molecular weight is 347 g/mol. The molecule has 1 rings (SSSR count). The summed E-state index contributed by atoms with van der Waals surface area (Å²) in [6.07, 6.45) is 1.08. The summed E-state index contributed by atoms with van der Waals surface area (Å²) in [5, 5.41) is 3.58. The van der Waals surface area contributed by atoms with Crippen LogP contribution in [-0.4, -0.2) is 20.3 Å². The Morgan fingerprint density at radius 3 is 2.76 bits per heavy atom. The van der Waals surface area contributed by atoms with Crippen LogP contribution in [0.3, 0.4) is 0 Å². The second-order valence-corrected chi connectivity index (χ2v) is 5.59. The lowest BCUT2D eigenvalue weighted by Crippen LogP contribution is -2.27. The number of rotatable bonds is 7. The van der Waals surface area contributed by atoms with Crippen LogP contribution in [0.5, 0.6) is 0 Å². The van der Waals surface area contributed by atoms with E-state index < -0.39 is 0 Å². The molecule has 0 aromatic heterocycles. The molecule has 17 heavy (non-hydrogen) atoms. The smallest absolute Gasteiger partial charge is 0.0465 e. The monoisotopic (exact) mass is 347 g/mol. The van der Waals surface area contributed by atoms with Gasteiger partial charge in [0.15, 0.2) is 0 Å². The fraction of sp³-hybridized carbons (Fsp3) is 0.571. The van der Waals surface area contributed by atoms with Crippen molar-refractivity contribution in [1.82, 2.24) is 5.32 Å². The Labute approximate surface area is 118 Å². The number of nitrogens with one attached hydrogen (secondary N) is 1. The highest BCUT2D eigenvalue weighted by atomic mass is 127. The van der Waals surface area contributed by atoms with E-state index in [1.54, 1.807) is 7.11 Å². The lowest BCUT2D eigenvalue weighted by molar-refractivity contribution is 0.170. The summed E-state index contributed by atoms with van der Waals surface area (Å²) >= 11 is 2.37. The van der Waals surface area contributed by atoms with Crippen molar-refractivity contribution in [2.24, 2.45) is 5.92 Å². The molecule has 2 unspecified atom stereocenters. The molecule has 0 radical (unpaired) electrons. The van der Waals surface area contributed by atoms with E-state index in [0.717, 1.165) is 19.6 Å². The highest BCUT2D eigenvalue weighted by molar-refractivity contribution is 14.1. The van der Waals surface area contributed by atoms with Crippen LogP contribution in [0.2, 0.25) is 0 Å². The van der Waals surface area contributed by atoms with Crippen LogP contribution in [0.1, 0.15) is 31.9 Å². The second kappa shape index (κ2) is 8.06. The van der Waals surface area contributed by atoms with Gasteiger partial charge in [0.25, 0.3) is 0 Å². The Morgan fingerprint density at radius 1 is 1.41 bits per heavy atom. The topological polar surface area (TPSA) is 21.3 Å². The zero-order valence-corrected chi connectivity index (χ0v) is 13.0. The van der Waals surface area contributed by atoms with E-state index in [9.17, 15) is 0 Å². The maximum absolute atomic E-state index is 5.17. The van der Waals surface area contributed by atoms with E-state index in [0.29, 0.717) is 12.0 Å². The molecule has 0 spiro atoms. The standard InChI is InChI=1S/C14H22INO/c1-4-16-14(11(2)8-9-17-3)12-6-5-7-13(15)10-12/h5-7,10-11,14,16H,4,8-9H2,1-3H3. The SMILES string of the molecule is CCNC(c1cccc(I)c1)C(C)CCOC. The summed E-state index contributed by atoms with van der Waals surface area (Å²) in [5.41, 5.74) is 1.38. The van der Waals surface area contributed by atoms with Crippen molar-refractivity contribution in [1.29, 1.82) is 0 Å². The fourth-order valence-corrected chi connectivity index (χ4v) is 2.61. The number of halogens is 1. The first-order chi connectivity index (χ1) is 8.19. The summed E-state index contributed by atoms with van der Waals surface area (Å²) in [5.74, 6) is 0.577. The molecule has 0 amide bonds. The number of benzene rings is 1. The minimum absolute atomic E-state index is 0.421. The molecule has 0 bridgehead atoms. The summed E-state index contributed by atoms with van der Waals surface area (Å²) in [7, 11) is 1.76.